The summed E-state index contributed by atoms with van der Waals surface area (Å²) in [5.41, 5.74) is 5.71. The van der Waals surface area contributed by atoms with E-state index in [-0.39, 0.29) is 17.7 Å². The molecule has 0 saturated carbocycles. The smallest absolute Gasteiger partial charge is 0.202 e. The van der Waals surface area contributed by atoms with Crippen LogP contribution in [0.4, 0.5) is 0 Å². The molecule has 1 aromatic heterocycles. The highest BCUT2D eigenvalue weighted by Crippen LogP contribution is 2.10. The predicted octanol–water partition coefficient (Wildman–Crippen LogP) is 1.46. The molecule has 4 nitrogen and oxygen atoms in total. The van der Waals surface area contributed by atoms with Crippen LogP contribution in [0.2, 0.25) is 0 Å². The Morgan fingerprint density at radius 1 is 1.60 bits per heavy atom. The summed E-state index contributed by atoms with van der Waals surface area (Å²) in [5.74, 6) is 0.383. The van der Waals surface area contributed by atoms with Gasteiger partial charge >= 0.3 is 0 Å². The van der Waals surface area contributed by atoms with Gasteiger partial charge < -0.3 is 10.3 Å². The summed E-state index contributed by atoms with van der Waals surface area (Å²) < 4.78 is 1.89. The van der Waals surface area contributed by atoms with Gasteiger partial charge in [0.1, 0.15) is 0 Å². The first kappa shape index (κ1) is 11.9. The molecular formula is C11H19N3O. The topological polar surface area (TPSA) is 60.9 Å². The Hall–Kier alpha value is -1.16. The van der Waals surface area contributed by atoms with E-state index in [1.807, 2.05) is 24.6 Å². The summed E-state index contributed by atoms with van der Waals surface area (Å²) in [6.45, 7) is 6.59. The van der Waals surface area contributed by atoms with Gasteiger partial charge in [-0.3, -0.25) is 4.79 Å². The number of hydrogen-bond acceptors (Lipinski definition) is 3. The lowest BCUT2D eigenvalue weighted by atomic mass is 9.99. The number of nitrogens with zero attached hydrogens (tertiary/aromatic N) is 2. The van der Waals surface area contributed by atoms with Crippen molar-refractivity contribution in [2.75, 3.05) is 0 Å². The Morgan fingerprint density at radius 3 is 2.80 bits per heavy atom. The molecule has 1 rings (SSSR count). The third-order valence-corrected chi connectivity index (χ3v) is 2.60. The molecule has 4 heteroatoms. The Labute approximate surface area is 90.5 Å². The summed E-state index contributed by atoms with van der Waals surface area (Å²) in [5, 5.41) is 0. The third-order valence-electron chi connectivity index (χ3n) is 2.60. The quantitative estimate of drug-likeness (QED) is 0.747. The Balaban J connectivity index is 2.86. The summed E-state index contributed by atoms with van der Waals surface area (Å²) in [7, 11) is 0. The molecule has 15 heavy (non-hydrogen) atoms. The predicted molar refractivity (Wildman–Crippen MR) is 59.7 cm³/mol. The fourth-order valence-corrected chi connectivity index (χ4v) is 1.40. The molecule has 0 fully saturated rings. The lowest BCUT2D eigenvalue weighted by Gasteiger charge is -2.14. The van der Waals surface area contributed by atoms with E-state index in [0.29, 0.717) is 5.82 Å². The number of rotatable bonds is 5. The SMILES string of the molecule is CCCn1ccnc1C(=O)C(C)C(C)N. The van der Waals surface area contributed by atoms with Gasteiger partial charge in [0.2, 0.25) is 5.78 Å². The minimum absolute atomic E-state index is 0.0310. The molecule has 0 aromatic carbocycles. The fraction of sp³-hybridized carbons (Fsp3) is 0.636. The molecule has 1 aromatic rings. The molecule has 0 bridgehead atoms. The van der Waals surface area contributed by atoms with Crippen molar-refractivity contribution in [3.63, 3.8) is 0 Å². The second-order valence-corrected chi connectivity index (χ2v) is 3.96. The van der Waals surface area contributed by atoms with E-state index in [2.05, 4.69) is 11.9 Å². The van der Waals surface area contributed by atoms with Crippen molar-refractivity contribution in [2.45, 2.75) is 39.8 Å². The number of carbonyl (C=O) groups excluding carboxylic acids is 1. The molecule has 2 unspecified atom stereocenters. The van der Waals surface area contributed by atoms with Gasteiger partial charge in [0.25, 0.3) is 0 Å². The van der Waals surface area contributed by atoms with Crippen LogP contribution in [0.3, 0.4) is 0 Å². The molecule has 0 amide bonds. The Bertz CT molecular complexity index is 330. The maximum absolute atomic E-state index is 12.0. The molecule has 0 aliphatic carbocycles. The minimum Gasteiger partial charge on any atom is -0.329 e. The molecule has 2 atom stereocenters. The van der Waals surface area contributed by atoms with Gasteiger partial charge in [-0.15, -0.1) is 0 Å². The Morgan fingerprint density at radius 2 is 2.27 bits per heavy atom. The number of aryl methyl sites for hydroxylation is 1. The molecule has 84 valence electrons. The number of nitrogens with two attached hydrogens (primary N) is 1. The van der Waals surface area contributed by atoms with Crippen LogP contribution in [0, 0.1) is 5.92 Å². The molecule has 0 spiro atoms. The highest BCUT2D eigenvalue weighted by molar-refractivity contribution is 5.94. The third kappa shape index (κ3) is 2.65. The van der Waals surface area contributed by atoms with E-state index in [1.54, 1.807) is 6.20 Å². The standard InChI is InChI=1S/C11H19N3O/c1-4-6-14-7-5-13-11(14)10(15)8(2)9(3)12/h5,7-9H,4,6,12H2,1-3H3. The summed E-state index contributed by atoms with van der Waals surface area (Å²) in [4.78, 5) is 16.1. The normalized spacial score (nSPS) is 14.9. The zero-order chi connectivity index (χ0) is 11.4. The first-order valence-corrected chi connectivity index (χ1v) is 5.38. The molecule has 2 N–H and O–H groups in total. The number of aromatic nitrogens is 2. The number of carbonyl (C=O) groups is 1. The van der Waals surface area contributed by atoms with Crippen molar-refractivity contribution < 1.29 is 4.79 Å². The second-order valence-electron chi connectivity index (χ2n) is 3.96. The van der Waals surface area contributed by atoms with E-state index < -0.39 is 0 Å². The number of Topliss-reactive ketones (excluding diaryl/α,β-unsaturated/α-hetero) is 1. The second kappa shape index (κ2) is 5.07. The Kier molecular flexibility index (Phi) is 4.03. The molecular weight excluding hydrogens is 190 g/mol. The molecule has 0 radical (unpaired) electrons. The van der Waals surface area contributed by atoms with Gasteiger partial charge in [-0.25, -0.2) is 4.98 Å². The first-order chi connectivity index (χ1) is 7.07. The van der Waals surface area contributed by atoms with Crippen molar-refractivity contribution in [1.82, 2.24) is 9.55 Å². The summed E-state index contributed by atoms with van der Waals surface area (Å²) >= 11 is 0. The number of imidazole rings is 1. The number of ketones is 1. The van der Waals surface area contributed by atoms with Gasteiger partial charge in [0.05, 0.1) is 0 Å². The molecule has 1 heterocycles. The summed E-state index contributed by atoms with van der Waals surface area (Å²) in [6, 6.07) is -0.135. The van der Waals surface area contributed by atoms with E-state index in [1.165, 1.54) is 0 Å². The van der Waals surface area contributed by atoms with Crippen molar-refractivity contribution in [1.29, 1.82) is 0 Å². The van der Waals surface area contributed by atoms with Crippen molar-refractivity contribution in [3.8, 4) is 0 Å². The first-order valence-electron chi connectivity index (χ1n) is 5.38. The lowest BCUT2D eigenvalue weighted by molar-refractivity contribution is 0.0902. The lowest BCUT2D eigenvalue weighted by Crippen LogP contribution is -2.32. The van der Waals surface area contributed by atoms with Crippen LogP contribution in [-0.4, -0.2) is 21.4 Å². The molecule has 0 saturated heterocycles. The van der Waals surface area contributed by atoms with Crippen LogP contribution < -0.4 is 5.73 Å². The van der Waals surface area contributed by atoms with Gasteiger partial charge in [-0.05, 0) is 13.3 Å². The van der Waals surface area contributed by atoms with Gasteiger partial charge in [-0.1, -0.05) is 13.8 Å². The number of hydrogen-bond donors (Lipinski definition) is 1. The fourth-order valence-electron chi connectivity index (χ4n) is 1.40. The largest absolute Gasteiger partial charge is 0.329 e. The highest BCUT2D eigenvalue weighted by Gasteiger charge is 2.22. The van der Waals surface area contributed by atoms with E-state index in [4.69, 9.17) is 5.73 Å². The van der Waals surface area contributed by atoms with Crippen molar-refractivity contribution in [2.24, 2.45) is 11.7 Å². The summed E-state index contributed by atoms with van der Waals surface area (Å²) in [6.07, 6.45) is 4.49. The van der Waals surface area contributed by atoms with Crippen molar-refractivity contribution in [3.05, 3.63) is 18.2 Å². The van der Waals surface area contributed by atoms with Crippen LogP contribution in [-0.2, 0) is 6.54 Å². The van der Waals surface area contributed by atoms with Crippen LogP contribution >= 0.6 is 0 Å². The van der Waals surface area contributed by atoms with Crippen LogP contribution in [0.15, 0.2) is 12.4 Å². The molecule has 0 aliphatic rings. The average molecular weight is 209 g/mol. The maximum Gasteiger partial charge on any atom is 0.202 e. The monoisotopic (exact) mass is 209 g/mol. The van der Waals surface area contributed by atoms with E-state index >= 15 is 0 Å². The van der Waals surface area contributed by atoms with E-state index in [0.717, 1.165) is 13.0 Å². The van der Waals surface area contributed by atoms with Crippen LogP contribution in [0.5, 0.6) is 0 Å². The average Bonchev–Trinajstić information content (AvgIpc) is 2.64. The highest BCUT2D eigenvalue weighted by atomic mass is 16.1. The zero-order valence-electron chi connectivity index (χ0n) is 9.60. The molecule has 0 aliphatic heterocycles. The van der Waals surface area contributed by atoms with Crippen LogP contribution in [0.1, 0.15) is 37.8 Å². The zero-order valence-corrected chi connectivity index (χ0v) is 9.60. The van der Waals surface area contributed by atoms with Gasteiger partial charge in [-0.2, -0.15) is 0 Å². The van der Waals surface area contributed by atoms with Crippen molar-refractivity contribution >= 4 is 5.78 Å². The minimum atomic E-state index is -0.178. The maximum atomic E-state index is 12.0. The van der Waals surface area contributed by atoms with Gasteiger partial charge in [0, 0.05) is 30.9 Å². The van der Waals surface area contributed by atoms with Gasteiger partial charge in [0.15, 0.2) is 5.82 Å². The van der Waals surface area contributed by atoms with E-state index in [9.17, 15) is 4.79 Å². The van der Waals surface area contributed by atoms with Crippen LogP contribution in [0.25, 0.3) is 0 Å².